The molecule has 1 heterocycles. The normalized spacial score (nSPS) is 17.1. The molecule has 5 atom stereocenters. The van der Waals surface area contributed by atoms with Crippen molar-refractivity contribution < 1.29 is 28.2 Å². The minimum absolute atomic E-state index is 0.00705. The molecule has 11 nitrogen and oxygen atoms in total. The molecule has 0 aromatic carbocycles. The van der Waals surface area contributed by atoms with Crippen LogP contribution in [0.1, 0.15) is 240 Å². The van der Waals surface area contributed by atoms with Crippen LogP contribution in [0.25, 0.3) is 0 Å². The Hall–Kier alpha value is -2.34. The van der Waals surface area contributed by atoms with Crippen molar-refractivity contribution in [1.29, 1.82) is 0 Å². The van der Waals surface area contributed by atoms with E-state index in [1.807, 2.05) is 55.5 Å². The first-order chi connectivity index (χ1) is 30.6. The van der Waals surface area contributed by atoms with Crippen molar-refractivity contribution >= 4 is 40.7 Å². The van der Waals surface area contributed by atoms with Gasteiger partial charge in [-0.25, -0.2) is 0 Å². The molecule has 4 N–H and O–H groups in total. The Kier molecular flexibility index (Phi) is 62.9. The molecule has 1 aliphatic heterocycles. The first-order valence-electron chi connectivity index (χ1n) is 26.2. The van der Waals surface area contributed by atoms with Gasteiger partial charge in [-0.1, -0.05) is 174 Å². The molecule has 12 heteroatoms. The third kappa shape index (κ3) is 46.2. The zero-order chi connectivity index (χ0) is 50.9. The van der Waals surface area contributed by atoms with Crippen molar-refractivity contribution in [3.63, 3.8) is 0 Å². The minimum Gasteiger partial charge on any atom is -0.355 e. The van der Waals surface area contributed by atoms with E-state index in [2.05, 4.69) is 83.6 Å². The average Bonchev–Trinajstić information content (AvgIpc) is 4.02. The van der Waals surface area contributed by atoms with E-state index in [4.69, 9.17) is 0 Å². The highest BCUT2D eigenvalue weighted by Gasteiger charge is 2.39. The van der Waals surface area contributed by atoms with Gasteiger partial charge in [-0.05, 0) is 77.3 Å². The molecule has 0 spiro atoms. The molecule has 3 fully saturated rings. The van der Waals surface area contributed by atoms with Gasteiger partial charge in [-0.15, -0.1) is 0 Å². The fraction of sp³-hybridized carbons (Fsp3) is 0.904. The Labute approximate surface area is 401 Å². The summed E-state index contributed by atoms with van der Waals surface area (Å²) in [6.07, 6.45) is 21.3. The van der Waals surface area contributed by atoms with E-state index in [1.165, 1.54) is 64.7 Å². The molecule has 2 saturated carbocycles. The van der Waals surface area contributed by atoms with Gasteiger partial charge in [0.2, 0.25) is 24.0 Å². The molecule has 3 rings (SSSR count). The largest absolute Gasteiger partial charge is 0.355 e. The average molecular weight is 935 g/mol. The molecule has 2 aliphatic carbocycles. The second-order valence-corrected chi connectivity index (χ2v) is 18.2. The highest BCUT2D eigenvalue weighted by atomic mass is 32.2. The van der Waals surface area contributed by atoms with Gasteiger partial charge in [0.15, 0.2) is 0 Å². The highest BCUT2D eigenvalue weighted by molar-refractivity contribution is 7.85. The maximum atomic E-state index is 12.4. The number of nitrogens with one attached hydrogen (secondary N) is 4. The molecule has 4 amide bonds. The van der Waals surface area contributed by atoms with Crippen LogP contribution in [-0.4, -0.2) is 94.3 Å². The summed E-state index contributed by atoms with van der Waals surface area (Å²) in [6.45, 7) is 38.0. The first kappa shape index (κ1) is 73.2. The lowest BCUT2D eigenvalue weighted by molar-refractivity contribution is -0.138. The smallest absolute Gasteiger partial charge is 0.287 e. The molecule has 386 valence electrons. The Morgan fingerprint density at radius 1 is 0.734 bits per heavy atom. The Morgan fingerprint density at radius 3 is 1.59 bits per heavy atom. The van der Waals surface area contributed by atoms with Gasteiger partial charge >= 0.3 is 0 Å². The Balaban J connectivity index is -0.000000170. The van der Waals surface area contributed by atoms with Crippen molar-refractivity contribution in [2.24, 2.45) is 11.8 Å². The molecule has 0 bridgehead atoms. The number of ketones is 1. The summed E-state index contributed by atoms with van der Waals surface area (Å²) in [7, 11) is 1.17. The SMILES string of the molecule is CC.CC.CC.CC(=O)C(=O)NC1CC1.CCCC.CCCC.CCCCCC(CS(=O)C1CCCCC1)NC=O.CCNC.CC[C@H]1CCN(C(C)=O)C1C(=O)NC(C)CC(C)C. The van der Waals surface area contributed by atoms with Crippen molar-refractivity contribution in [3.8, 4) is 0 Å². The zero-order valence-corrected chi connectivity index (χ0v) is 46.6. The molecule has 3 aliphatic rings. The Morgan fingerprint density at radius 2 is 1.23 bits per heavy atom. The summed E-state index contributed by atoms with van der Waals surface area (Å²) in [5.74, 6) is 0.687. The fourth-order valence-electron chi connectivity index (χ4n) is 6.22. The van der Waals surface area contributed by atoms with Gasteiger partial charge < -0.3 is 26.2 Å². The van der Waals surface area contributed by atoms with Crippen LogP contribution in [0.2, 0.25) is 0 Å². The number of hydrogen-bond donors (Lipinski definition) is 4. The predicted molar refractivity (Wildman–Crippen MR) is 280 cm³/mol. The van der Waals surface area contributed by atoms with E-state index in [1.54, 1.807) is 11.8 Å². The van der Waals surface area contributed by atoms with Gasteiger partial charge in [-0.2, -0.15) is 0 Å². The standard InChI is InChI=1S/C15H28N2O2.C14H27NO2S.C6H9NO2.2C4H10.C3H9N.3C2H6/c1-6-13-7-8-17(12(5)18)14(13)15(19)16-11(4)9-10(2)3;1-2-3-5-8-13(15-12-16)11-18(17)14-9-6-4-7-10-14;1-4(8)6(9)7-5-2-3-5;3*1-3-4-2;3*1-2/h10-11,13-14H,6-9H2,1-5H3,(H,16,19);12-14H,2-11H2,1H3,(H,15,16);5H,2-3H2,1H3,(H,7,9);2*3-4H2,1-2H3;4H,3H2,1-2H3;3*1-2H3/t11?,13-,14?;;;;;;;;/m0......../s1. The van der Waals surface area contributed by atoms with Crippen LogP contribution in [0.3, 0.4) is 0 Å². The van der Waals surface area contributed by atoms with Crippen molar-refractivity contribution in [3.05, 3.63) is 0 Å². The van der Waals surface area contributed by atoms with Gasteiger partial charge in [0.1, 0.15) is 6.04 Å². The summed E-state index contributed by atoms with van der Waals surface area (Å²) < 4.78 is 12.3. The maximum absolute atomic E-state index is 12.4. The number of likely N-dealkylation sites (tertiary alicyclic amines) is 1. The third-order valence-electron chi connectivity index (χ3n) is 10.3. The van der Waals surface area contributed by atoms with E-state index in [-0.39, 0.29) is 29.9 Å². The van der Waals surface area contributed by atoms with Crippen LogP contribution in [0.15, 0.2) is 0 Å². The van der Waals surface area contributed by atoms with Crippen molar-refractivity contribution in [2.45, 2.75) is 270 Å². The molecule has 1 saturated heterocycles. The molecule has 0 aromatic rings. The van der Waals surface area contributed by atoms with Crippen molar-refractivity contribution in [1.82, 2.24) is 26.2 Å². The van der Waals surface area contributed by atoms with Crippen LogP contribution in [0, 0.1) is 11.8 Å². The number of carbonyl (C=O) groups excluding carboxylic acids is 5. The number of amides is 4. The molecular formula is C52H111N5O6S. The molecule has 4 unspecified atom stereocenters. The number of carbonyl (C=O) groups is 5. The topological polar surface area (TPSA) is 154 Å². The fourth-order valence-corrected chi connectivity index (χ4v) is 8.01. The van der Waals surface area contributed by atoms with Crippen LogP contribution < -0.4 is 21.3 Å². The van der Waals surface area contributed by atoms with Gasteiger partial charge in [-0.3, -0.25) is 28.2 Å². The molecule has 64 heavy (non-hydrogen) atoms. The lowest BCUT2D eigenvalue weighted by atomic mass is 9.96. The lowest BCUT2D eigenvalue weighted by Crippen LogP contribution is -2.50. The van der Waals surface area contributed by atoms with E-state index in [0.717, 1.165) is 70.7 Å². The summed E-state index contributed by atoms with van der Waals surface area (Å²) in [5.41, 5.74) is 0. The second kappa shape index (κ2) is 55.0. The monoisotopic (exact) mass is 934 g/mol. The van der Waals surface area contributed by atoms with Crippen LogP contribution in [-0.2, 0) is 34.8 Å². The number of hydrogen-bond acceptors (Lipinski definition) is 7. The van der Waals surface area contributed by atoms with Gasteiger partial charge in [0.25, 0.3) is 5.91 Å². The van der Waals surface area contributed by atoms with E-state index in [9.17, 15) is 28.2 Å². The van der Waals surface area contributed by atoms with E-state index in [0.29, 0.717) is 35.4 Å². The predicted octanol–water partition coefficient (Wildman–Crippen LogP) is 11.7. The summed E-state index contributed by atoms with van der Waals surface area (Å²) in [4.78, 5) is 57.2. The quantitative estimate of drug-likeness (QED) is 0.0571. The summed E-state index contributed by atoms with van der Waals surface area (Å²) in [5, 5.41) is 11.8. The van der Waals surface area contributed by atoms with Crippen LogP contribution in [0.5, 0.6) is 0 Å². The third-order valence-corrected chi connectivity index (χ3v) is 12.2. The van der Waals surface area contributed by atoms with Crippen molar-refractivity contribution in [2.75, 3.05) is 25.9 Å². The number of Topliss-reactive ketones (excluding diaryl/α,β-unsaturated/α-hetero) is 1. The molecule has 0 aromatic heterocycles. The lowest BCUT2D eigenvalue weighted by Gasteiger charge is -2.28. The summed E-state index contributed by atoms with van der Waals surface area (Å²) in [6, 6.07) is 0.301. The van der Waals surface area contributed by atoms with Gasteiger partial charge in [0.05, 0.1) is 0 Å². The maximum Gasteiger partial charge on any atom is 0.287 e. The molecule has 0 radical (unpaired) electrons. The van der Waals surface area contributed by atoms with Gasteiger partial charge in [0, 0.05) is 60.3 Å². The van der Waals surface area contributed by atoms with E-state index < -0.39 is 22.5 Å². The van der Waals surface area contributed by atoms with Crippen LogP contribution >= 0.6 is 0 Å². The highest BCUT2D eigenvalue weighted by Crippen LogP contribution is 2.28. The molecular weight excluding hydrogens is 823 g/mol. The number of unbranched alkanes of at least 4 members (excludes halogenated alkanes) is 4. The second-order valence-electron chi connectivity index (χ2n) is 16.4. The number of nitrogens with zero attached hydrogens (tertiary/aromatic N) is 1. The first-order valence-corrected chi connectivity index (χ1v) is 27.6. The number of rotatable bonds is 19. The van der Waals surface area contributed by atoms with E-state index >= 15 is 0 Å². The van der Waals surface area contributed by atoms with Crippen LogP contribution in [0.4, 0.5) is 0 Å². The zero-order valence-electron chi connectivity index (χ0n) is 45.8. The Bertz CT molecular complexity index is 1050. The minimum atomic E-state index is -0.765. The summed E-state index contributed by atoms with van der Waals surface area (Å²) >= 11 is 0.